The number of urea groups is 1. The molecule has 26 heavy (non-hydrogen) atoms. The predicted octanol–water partition coefficient (Wildman–Crippen LogP) is 1.19. The molecule has 1 aromatic carbocycles. The van der Waals surface area contributed by atoms with Gasteiger partial charge in [-0.1, -0.05) is 23.7 Å². The Morgan fingerprint density at radius 2 is 1.92 bits per heavy atom. The highest BCUT2D eigenvalue weighted by Crippen LogP contribution is 2.15. The van der Waals surface area contributed by atoms with Crippen LogP contribution in [0.25, 0.3) is 0 Å². The lowest BCUT2D eigenvalue weighted by Crippen LogP contribution is -2.44. The number of ether oxygens (including phenoxy) is 1. The summed E-state index contributed by atoms with van der Waals surface area (Å²) in [6.45, 7) is -0.635. The molecule has 0 fully saturated rings. The number of nitrogens with one attached hydrogen (secondary N) is 3. The molecule has 0 unspecified atom stereocenters. The number of esters is 1. The van der Waals surface area contributed by atoms with Crippen LogP contribution in [0.5, 0.6) is 0 Å². The minimum Gasteiger partial charge on any atom is -0.454 e. The Hall–Kier alpha value is -2.26. The van der Waals surface area contributed by atoms with E-state index in [1.807, 2.05) is 11.6 Å². The first-order chi connectivity index (χ1) is 12.4. The first-order valence-corrected chi connectivity index (χ1v) is 9.38. The Balaban J connectivity index is 2.68. The van der Waals surface area contributed by atoms with E-state index in [-0.39, 0.29) is 10.6 Å². The zero-order valence-corrected chi connectivity index (χ0v) is 15.9. The van der Waals surface area contributed by atoms with Gasteiger partial charge in [-0.2, -0.15) is 11.8 Å². The van der Waals surface area contributed by atoms with Crippen LogP contribution in [0, 0.1) is 0 Å². The van der Waals surface area contributed by atoms with Crippen molar-refractivity contribution < 1.29 is 23.9 Å². The summed E-state index contributed by atoms with van der Waals surface area (Å²) in [6, 6.07) is 4.78. The average molecular weight is 402 g/mol. The zero-order valence-electron chi connectivity index (χ0n) is 14.3. The van der Waals surface area contributed by atoms with Crippen LogP contribution in [0.1, 0.15) is 16.8 Å². The smallest absolute Gasteiger partial charge is 0.329 e. The monoisotopic (exact) mass is 401 g/mol. The third kappa shape index (κ3) is 7.32. The summed E-state index contributed by atoms with van der Waals surface area (Å²) < 4.78 is 4.89. The summed E-state index contributed by atoms with van der Waals surface area (Å²) in [5, 5.41) is 6.98. The van der Waals surface area contributed by atoms with E-state index in [4.69, 9.17) is 16.3 Å². The molecule has 142 valence electrons. The van der Waals surface area contributed by atoms with E-state index in [0.717, 1.165) is 0 Å². The van der Waals surface area contributed by atoms with Crippen LogP contribution in [0.15, 0.2) is 24.3 Å². The van der Waals surface area contributed by atoms with Crippen molar-refractivity contribution in [1.29, 1.82) is 0 Å². The molecule has 4 amide bonds. The van der Waals surface area contributed by atoms with Gasteiger partial charge in [-0.05, 0) is 30.6 Å². The fourth-order valence-corrected chi connectivity index (χ4v) is 2.52. The van der Waals surface area contributed by atoms with E-state index < -0.39 is 36.5 Å². The predicted molar refractivity (Wildman–Crippen MR) is 99.3 cm³/mol. The largest absolute Gasteiger partial charge is 0.454 e. The van der Waals surface area contributed by atoms with Crippen molar-refractivity contribution in [2.45, 2.75) is 12.5 Å². The minimum atomic E-state index is -0.945. The quantitative estimate of drug-likeness (QED) is 0.564. The second-order valence-electron chi connectivity index (χ2n) is 5.02. The van der Waals surface area contributed by atoms with Crippen LogP contribution in [0.3, 0.4) is 0 Å². The van der Waals surface area contributed by atoms with Gasteiger partial charge < -0.3 is 15.4 Å². The molecular formula is C16H20ClN3O5S. The van der Waals surface area contributed by atoms with Crippen molar-refractivity contribution in [2.24, 2.45) is 0 Å². The van der Waals surface area contributed by atoms with Crippen LogP contribution in [0.4, 0.5) is 4.79 Å². The molecule has 0 aliphatic carbocycles. The zero-order chi connectivity index (χ0) is 19.5. The van der Waals surface area contributed by atoms with Gasteiger partial charge in [0.25, 0.3) is 11.8 Å². The molecule has 0 bridgehead atoms. The topological polar surface area (TPSA) is 114 Å². The van der Waals surface area contributed by atoms with Crippen LogP contribution >= 0.6 is 23.4 Å². The summed E-state index contributed by atoms with van der Waals surface area (Å²) in [7, 11) is 1.34. The lowest BCUT2D eigenvalue weighted by atomic mass is 10.1. The van der Waals surface area contributed by atoms with Gasteiger partial charge in [-0.25, -0.2) is 9.59 Å². The summed E-state index contributed by atoms with van der Waals surface area (Å²) >= 11 is 7.47. The first-order valence-electron chi connectivity index (χ1n) is 7.61. The molecule has 0 aromatic heterocycles. The number of benzene rings is 1. The van der Waals surface area contributed by atoms with Gasteiger partial charge in [-0.15, -0.1) is 0 Å². The molecule has 0 aliphatic rings. The molecule has 0 aliphatic heterocycles. The number of hydrogen-bond donors (Lipinski definition) is 3. The minimum absolute atomic E-state index is 0.230. The van der Waals surface area contributed by atoms with Crippen molar-refractivity contribution in [2.75, 3.05) is 25.7 Å². The maximum Gasteiger partial charge on any atom is 0.329 e. The Morgan fingerprint density at radius 1 is 1.23 bits per heavy atom. The number of carbonyl (C=O) groups is 4. The fraction of sp³-hybridized carbons (Fsp3) is 0.375. The maximum absolute atomic E-state index is 12.3. The van der Waals surface area contributed by atoms with Crippen molar-refractivity contribution in [3.05, 3.63) is 34.9 Å². The Labute approximate surface area is 160 Å². The molecule has 3 N–H and O–H groups in total. The van der Waals surface area contributed by atoms with Gasteiger partial charge in [0.15, 0.2) is 6.61 Å². The molecule has 1 aromatic rings. The molecule has 8 nitrogen and oxygen atoms in total. The Morgan fingerprint density at radius 3 is 2.54 bits per heavy atom. The van der Waals surface area contributed by atoms with Gasteiger partial charge >= 0.3 is 12.0 Å². The van der Waals surface area contributed by atoms with Gasteiger partial charge in [0.1, 0.15) is 6.04 Å². The number of imide groups is 1. The number of thioether (sulfide) groups is 1. The van der Waals surface area contributed by atoms with Crippen molar-refractivity contribution in [3.63, 3.8) is 0 Å². The Bertz CT molecular complexity index is 671. The molecule has 0 spiro atoms. The van der Waals surface area contributed by atoms with Crippen LogP contribution in [-0.2, 0) is 14.3 Å². The van der Waals surface area contributed by atoms with Gasteiger partial charge in [0.2, 0.25) is 0 Å². The van der Waals surface area contributed by atoms with Gasteiger partial charge in [0.05, 0.1) is 10.6 Å². The number of rotatable bonds is 8. The van der Waals surface area contributed by atoms with E-state index in [2.05, 4.69) is 10.6 Å². The third-order valence-electron chi connectivity index (χ3n) is 3.14. The van der Waals surface area contributed by atoms with E-state index >= 15 is 0 Å². The number of hydrogen-bond acceptors (Lipinski definition) is 6. The third-order valence-corrected chi connectivity index (χ3v) is 4.12. The lowest BCUT2D eigenvalue weighted by molar-refractivity contribution is -0.150. The summed E-state index contributed by atoms with van der Waals surface area (Å²) in [5.41, 5.74) is 0.230. The average Bonchev–Trinajstić information content (AvgIpc) is 2.63. The van der Waals surface area contributed by atoms with Crippen molar-refractivity contribution in [1.82, 2.24) is 16.0 Å². The van der Waals surface area contributed by atoms with Crippen molar-refractivity contribution >= 4 is 47.2 Å². The lowest BCUT2D eigenvalue weighted by Gasteiger charge is -2.17. The van der Waals surface area contributed by atoms with Crippen molar-refractivity contribution in [3.8, 4) is 0 Å². The van der Waals surface area contributed by atoms with Crippen LogP contribution < -0.4 is 16.0 Å². The number of halogens is 1. The molecule has 10 heteroatoms. The van der Waals surface area contributed by atoms with E-state index in [0.29, 0.717) is 12.2 Å². The normalized spacial score (nSPS) is 11.2. The van der Waals surface area contributed by atoms with E-state index in [1.54, 1.807) is 18.2 Å². The SMILES string of the molecule is CNC(=O)NC(=O)COC(=O)[C@@H](CCSC)NC(=O)c1ccccc1Cl. The summed E-state index contributed by atoms with van der Waals surface area (Å²) in [5.74, 6) is -1.48. The second kappa shape index (κ2) is 11.4. The molecule has 0 saturated heterocycles. The standard InChI is InChI=1S/C16H20ClN3O5S/c1-18-16(24)20-13(21)9-25-15(23)12(7-8-26-2)19-14(22)10-5-3-4-6-11(10)17/h3-6,12H,7-9H2,1-2H3,(H,19,22)(H2,18,20,21,24)/t12-/m1/s1. The van der Waals surface area contributed by atoms with E-state index in [9.17, 15) is 19.2 Å². The molecule has 0 heterocycles. The van der Waals surface area contributed by atoms with Gasteiger partial charge in [-0.3, -0.25) is 14.9 Å². The molecule has 1 rings (SSSR count). The molecule has 1 atom stereocenters. The summed E-state index contributed by atoms with van der Waals surface area (Å²) in [4.78, 5) is 47.0. The number of amides is 4. The van der Waals surface area contributed by atoms with Gasteiger partial charge in [0, 0.05) is 7.05 Å². The van der Waals surface area contributed by atoms with E-state index in [1.165, 1.54) is 24.9 Å². The first kappa shape index (κ1) is 21.8. The maximum atomic E-state index is 12.3. The molecular weight excluding hydrogens is 382 g/mol. The highest BCUT2D eigenvalue weighted by molar-refractivity contribution is 7.98. The highest BCUT2D eigenvalue weighted by atomic mass is 35.5. The molecule has 0 radical (unpaired) electrons. The number of carbonyl (C=O) groups excluding carboxylic acids is 4. The van der Waals surface area contributed by atoms with Crippen LogP contribution in [-0.4, -0.2) is 55.5 Å². The summed E-state index contributed by atoms with van der Waals surface area (Å²) in [6.07, 6.45) is 2.17. The second-order valence-corrected chi connectivity index (χ2v) is 6.42. The fourth-order valence-electron chi connectivity index (χ4n) is 1.83. The molecule has 0 saturated carbocycles. The van der Waals surface area contributed by atoms with Crippen LogP contribution in [0.2, 0.25) is 5.02 Å². The Kier molecular flexibility index (Phi) is 9.53. The highest BCUT2D eigenvalue weighted by Gasteiger charge is 2.24.